The van der Waals surface area contributed by atoms with Gasteiger partial charge in [0, 0.05) is 24.7 Å². The van der Waals surface area contributed by atoms with Crippen LogP contribution in [0.3, 0.4) is 0 Å². The lowest BCUT2D eigenvalue weighted by Crippen LogP contribution is -2.37. The van der Waals surface area contributed by atoms with Crippen molar-refractivity contribution >= 4 is 17.5 Å². The van der Waals surface area contributed by atoms with E-state index in [1.165, 1.54) is 0 Å². The van der Waals surface area contributed by atoms with Crippen molar-refractivity contribution in [3.8, 4) is 5.69 Å². The van der Waals surface area contributed by atoms with Crippen LogP contribution < -0.4 is 0 Å². The molecule has 5 nitrogen and oxygen atoms in total. The molecule has 1 aromatic carbocycles. The molecule has 2 aromatic rings. The maximum atomic E-state index is 13.2. The predicted molar refractivity (Wildman–Crippen MR) is 103 cm³/mol. The number of benzene rings is 1. The van der Waals surface area contributed by atoms with E-state index >= 15 is 0 Å². The van der Waals surface area contributed by atoms with Crippen molar-refractivity contribution in [1.29, 1.82) is 0 Å². The Morgan fingerprint density at radius 3 is 2.69 bits per heavy atom. The number of likely N-dealkylation sites (N-methyl/N-ethyl adjacent to an activating group) is 1. The van der Waals surface area contributed by atoms with Crippen LogP contribution >= 0.6 is 11.6 Å². The van der Waals surface area contributed by atoms with Gasteiger partial charge < -0.3 is 9.64 Å². The summed E-state index contributed by atoms with van der Waals surface area (Å²) in [6.45, 7) is 8.25. The molecule has 1 saturated heterocycles. The van der Waals surface area contributed by atoms with Crippen LogP contribution in [0, 0.1) is 0 Å². The van der Waals surface area contributed by atoms with E-state index in [0.29, 0.717) is 23.7 Å². The first-order valence-corrected chi connectivity index (χ1v) is 9.63. The second-order valence-corrected chi connectivity index (χ2v) is 7.40. The second-order valence-electron chi connectivity index (χ2n) is 6.97. The van der Waals surface area contributed by atoms with Crippen molar-refractivity contribution in [3.63, 3.8) is 0 Å². The number of nitrogens with zero attached hydrogens (tertiary/aromatic N) is 3. The minimum absolute atomic E-state index is 0.0203. The fourth-order valence-electron chi connectivity index (χ4n) is 3.43. The zero-order valence-electron chi connectivity index (χ0n) is 15.6. The monoisotopic (exact) mass is 375 g/mol. The predicted octanol–water partition coefficient (Wildman–Crippen LogP) is 4.29. The van der Waals surface area contributed by atoms with Gasteiger partial charge >= 0.3 is 0 Å². The maximum Gasteiger partial charge on any atom is 0.257 e. The maximum absolute atomic E-state index is 13.2. The summed E-state index contributed by atoms with van der Waals surface area (Å²) in [5, 5.41) is 5.18. The zero-order chi connectivity index (χ0) is 18.7. The van der Waals surface area contributed by atoms with Crippen LogP contribution in [0.1, 0.15) is 55.6 Å². The summed E-state index contributed by atoms with van der Waals surface area (Å²) < 4.78 is 7.55. The van der Waals surface area contributed by atoms with E-state index in [0.717, 1.165) is 30.8 Å². The van der Waals surface area contributed by atoms with Crippen LogP contribution in [0.4, 0.5) is 0 Å². The number of carbonyl (C=O) groups excluding carboxylic acids is 1. The lowest BCUT2D eigenvalue weighted by atomic mass is 10.0. The van der Waals surface area contributed by atoms with E-state index in [4.69, 9.17) is 16.3 Å². The summed E-state index contributed by atoms with van der Waals surface area (Å²) in [6.07, 6.45) is 3.92. The molecule has 26 heavy (non-hydrogen) atoms. The number of carbonyl (C=O) groups is 1. The minimum atomic E-state index is 0.0203. The molecular formula is C20H26ClN3O2. The molecule has 0 saturated carbocycles. The van der Waals surface area contributed by atoms with Gasteiger partial charge in [-0.2, -0.15) is 5.10 Å². The van der Waals surface area contributed by atoms with E-state index in [-0.39, 0.29) is 17.9 Å². The van der Waals surface area contributed by atoms with Crippen molar-refractivity contribution in [2.75, 3.05) is 19.7 Å². The van der Waals surface area contributed by atoms with Gasteiger partial charge in [-0.05, 0) is 49.9 Å². The van der Waals surface area contributed by atoms with E-state index in [9.17, 15) is 4.79 Å². The highest BCUT2D eigenvalue weighted by Crippen LogP contribution is 2.25. The van der Waals surface area contributed by atoms with Gasteiger partial charge in [0.15, 0.2) is 0 Å². The van der Waals surface area contributed by atoms with Crippen LogP contribution in [-0.2, 0) is 4.74 Å². The summed E-state index contributed by atoms with van der Waals surface area (Å²) in [5.41, 5.74) is 2.48. The van der Waals surface area contributed by atoms with Gasteiger partial charge in [-0.25, -0.2) is 4.68 Å². The number of aromatic nitrogens is 2. The Labute approximate surface area is 159 Å². The molecule has 1 unspecified atom stereocenters. The molecule has 1 aromatic heterocycles. The summed E-state index contributed by atoms with van der Waals surface area (Å²) in [6, 6.07) is 7.50. The molecule has 0 aliphatic carbocycles. The van der Waals surface area contributed by atoms with Crippen molar-refractivity contribution in [3.05, 3.63) is 46.7 Å². The number of halogens is 1. The summed E-state index contributed by atoms with van der Waals surface area (Å²) in [5.74, 6) is 0.181. The van der Waals surface area contributed by atoms with Crippen molar-refractivity contribution in [1.82, 2.24) is 14.7 Å². The molecule has 1 amide bonds. The molecule has 6 heteroatoms. The van der Waals surface area contributed by atoms with Gasteiger partial charge in [-0.1, -0.05) is 25.4 Å². The largest absolute Gasteiger partial charge is 0.376 e. The number of hydrogen-bond donors (Lipinski definition) is 0. The van der Waals surface area contributed by atoms with Gasteiger partial charge in [0.1, 0.15) is 0 Å². The molecule has 0 spiro atoms. The Morgan fingerprint density at radius 2 is 2.12 bits per heavy atom. The molecule has 1 aliphatic heterocycles. The van der Waals surface area contributed by atoms with Crippen LogP contribution in [0.5, 0.6) is 0 Å². The van der Waals surface area contributed by atoms with Crippen LogP contribution in [0.15, 0.2) is 30.5 Å². The van der Waals surface area contributed by atoms with Gasteiger partial charge in [-0.3, -0.25) is 4.79 Å². The Morgan fingerprint density at radius 1 is 1.38 bits per heavy atom. The molecule has 0 N–H and O–H groups in total. The Bertz CT molecular complexity index is 749. The summed E-state index contributed by atoms with van der Waals surface area (Å²) in [7, 11) is 0. The van der Waals surface area contributed by atoms with Crippen LogP contribution in [0.2, 0.25) is 5.02 Å². The van der Waals surface area contributed by atoms with Gasteiger partial charge in [0.05, 0.1) is 29.2 Å². The van der Waals surface area contributed by atoms with Gasteiger partial charge in [-0.15, -0.1) is 0 Å². The highest BCUT2D eigenvalue weighted by atomic mass is 35.5. The lowest BCUT2D eigenvalue weighted by molar-refractivity contribution is 0.0538. The molecule has 140 valence electrons. The van der Waals surface area contributed by atoms with E-state index in [2.05, 4.69) is 18.9 Å². The highest BCUT2D eigenvalue weighted by Gasteiger charge is 2.27. The molecule has 1 atom stereocenters. The van der Waals surface area contributed by atoms with Crippen molar-refractivity contribution in [2.45, 2.75) is 45.6 Å². The fraction of sp³-hybridized carbons (Fsp3) is 0.500. The Balaban J connectivity index is 1.90. The number of rotatable bonds is 6. The van der Waals surface area contributed by atoms with E-state index < -0.39 is 0 Å². The first-order chi connectivity index (χ1) is 12.5. The van der Waals surface area contributed by atoms with E-state index in [1.807, 2.05) is 40.8 Å². The third-order valence-electron chi connectivity index (χ3n) is 4.77. The molecule has 0 bridgehead atoms. The number of hydrogen-bond acceptors (Lipinski definition) is 3. The highest BCUT2D eigenvalue weighted by molar-refractivity contribution is 6.30. The summed E-state index contributed by atoms with van der Waals surface area (Å²) >= 11 is 6.00. The quantitative estimate of drug-likeness (QED) is 0.756. The molecule has 0 radical (unpaired) electrons. The topological polar surface area (TPSA) is 47.4 Å². The average Bonchev–Trinajstić information content (AvgIpc) is 3.29. The first-order valence-electron chi connectivity index (χ1n) is 9.26. The van der Waals surface area contributed by atoms with Gasteiger partial charge in [0.2, 0.25) is 0 Å². The molecule has 1 fully saturated rings. The minimum Gasteiger partial charge on any atom is -0.376 e. The smallest absolute Gasteiger partial charge is 0.257 e. The third kappa shape index (κ3) is 3.94. The SMILES string of the molecule is CCN(CC1CCCO1)C(=O)c1cnn(-c2ccc(Cl)cc2)c1C(C)C. The zero-order valence-corrected chi connectivity index (χ0v) is 16.4. The van der Waals surface area contributed by atoms with Crippen LogP contribution in [0.25, 0.3) is 5.69 Å². The van der Waals surface area contributed by atoms with Gasteiger partial charge in [0.25, 0.3) is 5.91 Å². The average molecular weight is 376 g/mol. The van der Waals surface area contributed by atoms with Crippen molar-refractivity contribution < 1.29 is 9.53 Å². The molecule has 3 rings (SSSR count). The number of amides is 1. The lowest BCUT2D eigenvalue weighted by Gasteiger charge is -2.24. The fourth-order valence-corrected chi connectivity index (χ4v) is 3.55. The Hall–Kier alpha value is -1.85. The third-order valence-corrected chi connectivity index (χ3v) is 5.02. The molecular weight excluding hydrogens is 350 g/mol. The van der Waals surface area contributed by atoms with Crippen LogP contribution in [-0.4, -0.2) is 46.4 Å². The normalized spacial score (nSPS) is 17.0. The van der Waals surface area contributed by atoms with E-state index in [1.54, 1.807) is 6.20 Å². The second kappa shape index (κ2) is 8.23. The molecule has 2 heterocycles. The number of ether oxygens (including phenoxy) is 1. The molecule has 1 aliphatic rings. The Kier molecular flexibility index (Phi) is 5.99. The van der Waals surface area contributed by atoms with Crippen molar-refractivity contribution in [2.24, 2.45) is 0 Å². The summed E-state index contributed by atoms with van der Waals surface area (Å²) in [4.78, 5) is 15.0. The standard InChI is InChI=1S/C20H26ClN3O2/c1-4-23(13-17-6-5-11-26-17)20(25)18-12-22-24(19(18)14(2)3)16-9-7-15(21)8-10-16/h7-10,12,14,17H,4-6,11,13H2,1-3H3. The first kappa shape index (κ1) is 18.9.